The fourth-order valence-electron chi connectivity index (χ4n) is 3.69. The molecule has 2 aromatic carbocycles. The van der Waals surface area contributed by atoms with Crippen LogP contribution >= 0.6 is 34.8 Å². The van der Waals surface area contributed by atoms with Gasteiger partial charge in [0.1, 0.15) is 12.6 Å². The number of hydrogen-bond acceptors (Lipinski definition) is 4. The van der Waals surface area contributed by atoms with Crippen molar-refractivity contribution in [2.45, 2.75) is 58.4 Å². The Morgan fingerprint density at radius 3 is 2.10 bits per heavy atom. The van der Waals surface area contributed by atoms with E-state index < -0.39 is 56.9 Å². The van der Waals surface area contributed by atoms with Gasteiger partial charge in [-0.1, -0.05) is 54.7 Å². The highest BCUT2D eigenvalue weighted by Crippen LogP contribution is 2.37. The first-order valence-corrected chi connectivity index (χ1v) is 14.9. The van der Waals surface area contributed by atoms with E-state index in [-0.39, 0.29) is 29.1 Å². The van der Waals surface area contributed by atoms with Crippen molar-refractivity contribution in [3.8, 4) is 0 Å². The van der Waals surface area contributed by atoms with E-state index in [0.717, 1.165) is 18.4 Å². The molecule has 2 aromatic rings. The van der Waals surface area contributed by atoms with Gasteiger partial charge in [0, 0.05) is 12.6 Å². The van der Waals surface area contributed by atoms with Crippen LogP contribution in [0, 0.1) is 0 Å². The van der Waals surface area contributed by atoms with Gasteiger partial charge in [0.2, 0.25) is 21.8 Å². The smallest absolute Gasteiger partial charge is 0.352 e. The van der Waals surface area contributed by atoms with Crippen LogP contribution in [0.4, 0.5) is 18.9 Å². The van der Waals surface area contributed by atoms with Crippen LogP contribution in [0.3, 0.4) is 0 Å². The van der Waals surface area contributed by atoms with Crippen LogP contribution < -0.4 is 9.62 Å². The molecule has 1 N–H and O–H groups in total. The minimum atomic E-state index is -4.86. The van der Waals surface area contributed by atoms with Crippen LogP contribution in [0.25, 0.3) is 0 Å². The molecule has 0 unspecified atom stereocenters. The molecular formula is C25H29Cl3F3N3O4S. The number of rotatable bonds is 11. The van der Waals surface area contributed by atoms with Crippen LogP contribution in [0.5, 0.6) is 0 Å². The largest absolute Gasteiger partial charge is 0.417 e. The Kier molecular flexibility index (Phi) is 11.4. The van der Waals surface area contributed by atoms with E-state index >= 15 is 0 Å². The van der Waals surface area contributed by atoms with Crippen LogP contribution in [0.15, 0.2) is 36.4 Å². The molecule has 0 spiro atoms. The van der Waals surface area contributed by atoms with E-state index in [1.165, 1.54) is 17.0 Å². The maximum Gasteiger partial charge on any atom is 0.417 e. The summed E-state index contributed by atoms with van der Waals surface area (Å²) in [5, 5.41) is 2.67. The van der Waals surface area contributed by atoms with Crippen molar-refractivity contribution >= 4 is 62.3 Å². The van der Waals surface area contributed by atoms with Gasteiger partial charge in [-0.3, -0.25) is 13.9 Å². The first kappa shape index (κ1) is 33.0. The van der Waals surface area contributed by atoms with E-state index in [9.17, 15) is 31.2 Å². The number of anilines is 1. The Morgan fingerprint density at radius 1 is 0.974 bits per heavy atom. The second-order valence-corrected chi connectivity index (χ2v) is 12.1. The molecular weight excluding hydrogens is 602 g/mol. The number of halogens is 6. The van der Waals surface area contributed by atoms with Crippen molar-refractivity contribution in [2.75, 3.05) is 17.1 Å². The topological polar surface area (TPSA) is 86.8 Å². The zero-order chi connectivity index (χ0) is 29.7. The van der Waals surface area contributed by atoms with Gasteiger partial charge in [-0.15, -0.1) is 0 Å². The summed E-state index contributed by atoms with van der Waals surface area (Å²) < 4.78 is 66.3. The normalized spacial score (nSPS) is 13.5. The number of carbonyl (C=O) groups is 2. The zero-order valence-electron chi connectivity index (χ0n) is 21.7. The number of nitrogens with zero attached hydrogens (tertiary/aromatic N) is 2. The highest BCUT2D eigenvalue weighted by molar-refractivity contribution is 7.92. The number of nitrogens with one attached hydrogen (secondary N) is 1. The van der Waals surface area contributed by atoms with Gasteiger partial charge in [0.15, 0.2) is 0 Å². The Hall–Kier alpha value is -2.21. The van der Waals surface area contributed by atoms with Crippen LogP contribution in [0.2, 0.25) is 15.1 Å². The average molecular weight is 631 g/mol. The Labute approximate surface area is 241 Å². The van der Waals surface area contributed by atoms with Gasteiger partial charge in [0.05, 0.1) is 32.6 Å². The summed E-state index contributed by atoms with van der Waals surface area (Å²) in [7, 11) is -4.25. The number of alkyl halides is 3. The van der Waals surface area contributed by atoms with E-state index in [0.29, 0.717) is 22.4 Å². The van der Waals surface area contributed by atoms with Crippen molar-refractivity contribution in [3.05, 3.63) is 62.6 Å². The van der Waals surface area contributed by atoms with Crippen LogP contribution in [-0.2, 0) is 32.3 Å². The van der Waals surface area contributed by atoms with Crippen molar-refractivity contribution in [1.29, 1.82) is 0 Å². The highest BCUT2D eigenvalue weighted by Gasteiger charge is 2.36. The van der Waals surface area contributed by atoms with E-state index in [4.69, 9.17) is 34.8 Å². The minimum Gasteiger partial charge on any atom is -0.352 e. The Balaban J connectivity index is 2.55. The van der Waals surface area contributed by atoms with Crippen LogP contribution in [-0.4, -0.2) is 50.0 Å². The lowest BCUT2D eigenvalue weighted by atomic mass is 10.1. The van der Waals surface area contributed by atoms with E-state index in [1.807, 2.05) is 6.92 Å². The molecule has 0 aliphatic carbocycles. The molecule has 2 atom stereocenters. The molecule has 0 heterocycles. The third-order valence-corrected chi connectivity index (χ3v) is 8.16. The first-order chi connectivity index (χ1) is 18.0. The Morgan fingerprint density at radius 2 is 1.59 bits per heavy atom. The molecule has 216 valence electrons. The van der Waals surface area contributed by atoms with E-state index in [2.05, 4.69) is 5.32 Å². The maximum atomic E-state index is 13.7. The number of benzene rings is 2. The molecule has 7 nitrogen and oxygen atoms in total. The SMILES string of the molecule is CC[C@H](C)NC(=O)[C@H](CC)N(Cc1ccc(Cl)c(Cl)c1)C(=O)CN(c1ccc(Cl)c(C(F)(F)F)c1)S(C)(=O)=O. The summed E-state index contributed by atoms with van der Waals surface area (Å²) in [6, 6.07) is 5.94. The summed E-state index contributed by atoms with van der Waals surface area (Å²) in [6.45, 7) is 4.33. The summed E-state index contributed by atoms with van der Waals surface area (Å²) in [5.74, 6) is -1.28. The Bertz CT molecular complexity index is 1310. The third-order valence-electron chi connectivity index (χ3n) is 5.95. The lowest BCUT2D eigenvalue weighted by Crippen LogP contribution is -2.53. The molecule has 0 aliphatic heterocycles. The predicted octanol–water partition coefficient (Wildman–Crippen LogP) is 6.15. The van der Waals surface area contributed by atoms with Gasteiger partial charge < -0.3 is 10.2 Å². The summed E-state index contributed by atoms with van der Waals surface area (Å²) in [5.41, 5.74) is -1.16. The van der Waals surface area contributed by atoms with Crippen molar-refractivity contribution in [2.24, 2.45) is 0 Å². The molecule has 2 rings (SSSR count). The van der Waals surface area contributed by atoms with E-state index in [1.54, 1.807) is 19.9 Å². The monoisotopic (exact) mass is 629 g/mol. The molecule has 0 fully saturated rings. The first-order valence-electron chi connectivity index (χ1n) is 11.9. The molecule has 0 saturated carbocycles. The molecule has 0 saturated heterocycles. The highest BCUT2D eigenvalue weighted by atomic mass is 35.5. The fourth-order valence-corrected chi connectivity index (χ4v) is 5.08. The molecule has 39 heavy (non-hydrogen) atoms. The van der Waals surface area contributed by atoms with Gasteiger partial charge in [-0.25, -0.2) is 8.42 Å². The van der Waals surface area contributed by atoms with Gasteiger partial charge >= 0.3 is 6.18 Å². The molecule has 14 heteroatoms. The quantitative estimate of drug-likeness (QED) is 0.323. The maximum absolute atomic E-state index is 13.7. The molecule has 0 radical (unpaired) electrons. The lowest BCUT2D eigenvalue weighted by molar-refractivity contribution is -0.140. The van der Waals surface area contributed by atoms with Gasteiger partial charge in [-0.05, 0) is 55.7 Å². The van der Waals surface area contributed by atoms with Crippen molar-refractivity contribution in [1.82, 2.24) is 10.2 Å². The minimum absolute atomic E-state index is 0.145. The molecule has 0 bridgehead atoms. The van der Waals surface area contributed by atoms with Gasteiger partial charge in [-0.2, -0.15) is 13.2 Å². The molecule has 0 aromatic heterocycles. The second-order valence-electron chi connectivity index (χ2n) is 8.94. The van der Waals surface area contributed by atoms with Crippen molar-refractivity contribution in [3.63, 3.8) is 0 Å². The standard InChI is InChI=1S/C25H29Cl3F3N3O4S/c1-5-15(3)32-24(36)22(6-2)33(13-16-7-9-20(27)21(28)11-16)23(35)14-34(39(4,37)38)17-8-10-19(26)18(12-17)25(29,30)31/h7-12,15,22H,5-6,13-14H2,1-4H3,(H,32,36)/t15-,22-/m0/s1. The predicted molar refractivity (Wildman–Crippen MR) is 148 cm³/mol. The summed E-state index contributed by atoms with van der Waals surface area (Å²) in [6.07, 6.45) is -3.30. The van der Waals surface area contributed by atoms with Crippen LogP contribution in [0.1, 0.15) is 44.7 Å². The van der Waals surface area contributed by atoms with Crippen molar-refractivity contribution < 1.29 is 31.2 Å². The third kappa shape index (κ3) is 8.89. The zero-order valence-corrected chi connectivity index (χ0v) is 24.7. The number of amides is 2. The number of sulfonamides is 1. The second kappa shape index (κ2) is 13.4. The number of carbonyl (C=O) groups excluding carboxylic acids is 2. The lowest BCUT2D eigenvalue weighted by Gasteiger charge is -2.33. The van der Waals surface area contributed by atoms with Gasteiger partial charge in [0.25, 0.3) is 0 Å². The fraction of sp³-hybridized carbons (Fsp3) is 0.440. The molecule has 0 aliphatic rings. The summed E-state index contributed by atoms with van der Waals surface area (Å²) >= 11 is 17.8. The number of hydrogen-bond donors (Lipinski definition) is 1. The average Bonchev–Trinajstić information content (AvgIpc) is 2.83. The molecule has 2 amide bonds. The summed E-state index contributed by atoms with van der Waals surface area (Å²) in [4.78, 5) is 28.0.